The summed E-state index contributed by atoms with van der Waals surface area (Å²) >= 11 is 0. The van der Waals surface area contributed by atoms with Crippen LogP contribution in [-0.2, 0) is 4.74 Å². The number of rotatable bonds is 3. The molecule has 1 saturated heterocycles. The fourth-order valence-electron chi connectivity index (χ4n) is 1.98. The Morgan fingerprint density at radius 3 is 2.65 bits per heavy atom. The van der Waals surface area contributed by atoms with E-state index in [2.05, 4.69) is 19.2 Å². The zero-order chi connectivity index (χ0) is 13.1. The molecule has 17 heavy (non-hydrogen) atoms. The molecule has 0 radical (unpaired) electrons. The zero-order valence-electron chi connectivity index (χ0n) is 11.7. The van der Waals surface area contributed by atoms with Gasteiger partial charge in [0, 0.05) is 25.2 Å². The molecule has 1 fully saturated rings. The minimum Gasteiger partial charge on any atom is -0.444 e. The van der Waals surface area contributed by atoms with Crippen LogP contribution in [-0.4, -0.2) is 41.8 Å². The Bertz CT molecular complexity index is 259. The number of hydrogen-bond donors (Lipinski definition) is 1. The van der Waals surface area contributed by atoms with Crippen molar-refractivity contribution in [3.8, 4) is 0 Å². The first-order chi connectivity index (χ1) is 7.79. The number of carbonyl (C=O) groups excluding carboxylic acids is 1. The summed E-state index contributed by atoms with van der Waals surface area (Å²) in [6.45, 7) is 11.6. The van der Waals surface area contributed by atoms with Crippen molar-refractivity contribution in [2.24, 2.45) is 0 Å². The third-order valence-corrected chi connectivity index (χ3v) is 2.77. The molecule has 4 nitrogen and oxygen atoms in total. The molecule has 1 heterocycles. The lowest BCUT2D eigenvalue weighted by atomic mass is 10.2. The first-order valence-corrected chi connectivity index (χ1v) is 6.52. The van der Waals surface area contributed by atoms with E-state index in [0.29, 0.717) is 6.04 Å². The molecule has 1 N–H and O–H groups in total. The van der Waals surface area contributed by atoms with Crippen molar-refractivity contribution in [2.45, 2.75) is 65.1 Å². The van der Waals surface area contributed by atoms with Crippen LogP contribution in [0, 0.1) is 0 Å². The average molecular weight is 242 g/mol. The maximum Gasteiger partial charge on any atom is 0.410 e. The molecule has 1 unspecified atom stereocenters. The van der Waals surface area contributed by atoms with Crippen LogP contribution in [0.25, 0.3) is 0 Å². The van der Waals surface area contributed by atoms with Crippen LogP contribution in [0.15, 0.2) is 0 Å². The number of hydrogen-bond acceptors (Lipinski definition) is 3. The Hall–Kier alpha value is -0.770. The highest BCUT2D eigenvalue weighted by molar-refractivity contribution is 5.69. The quantitative estimate of drug-likeness (QED) is 0.826. The minimum atomic E-state index is -0.407. The third-order valence-electron chi connectivity index (χ3n) is 2.77. The summed E-state index contributed by atoms with van der Waals surface area (Å²) in [4.78, 5) is 13.9. The molecule has 1 aliphatic rings. The van der Waals surface area contributed by atoms with Gasteiger partial charge in [-0.1, -0.05) is 13.8 Å². The van der Waals surface area contributed by atoms with Gasteiger partial charge in [-0.3, -0.25) is 0 Å². The van der Waals surface area contributed by atoms with E-state index in [-0.39, 0.29) is 12.1 Å². The Balaban J connectivity index is 2.48. The van der Waals surface area contributed by atoms with Crippen molar-refractivity contribution in [1.82, 2.24) is 10.2 Å². The second-order valence-corrected chi connectivity index (χ2v) is 6.03. The van der Waals surface area contributed by atoms with Gasteiger partial charge in [-0.25, -0.2) is 4.79 Å². The van der Waals surface area contributed by atoms with E-state index in [9.17, 15) is 4.79 Å². The molecule has 0 aliphatic carbocycles. The van der Waals surface area contributed by atoms with E-state index < -0.39 is 5.60 Å². The molecule has 0 spiro atoms. The molecule has 1 atom stereocenters. The highest BCUT2D eigenvalue weighted by Gasteiger charge is 2.31. The molecule has 4 heteroatoms. The van der Waals surface area contributed by atoms with Crippen molar-refractivity contribution < 1.29 is 9.53 Å². The zero-order valence-corrected chi connectivity index (χ0v) is 11.7. The summed E-state index contributed by atoms with van der Waals surface area (Å²) in [7, 11) is 0. The standard InChI is InChI=1S/C13H26N2O2/c1-10(2)14-9-11-7-6-8-15(11)12(16)17-13(3,4)5/h10-11,14H,6-9H2,1-5H3. The van der Waals surface area contributed by atoms with Crippen LogP contribution < -0.4 is 5.32 Å². The van der Waals surface area contributed by atoms with Crippen LogP contribution >= 0.6 is 0 Å². The first kappa shape index (κ1) is 14.3. The first-order valence-electron chi connectivity index (χ1n) is 6.52. The molecule has 1 amide bonds. The average Bonchev–Trinajstić information content (AvgIpc) is 2.59. The molecule has 100 valence electrons. The number of amides is 1. The van der Waals surface area contributed by atoms with Gasteiger partial charge in [-0.2, -0.15) is 0 Å². The summed E-state index contributed by atoms with van der Waals surface area (Å²) in [6.07, 6.45) is 1.97. The van der Waals surface area contributed by atoms with Crippen LogP contribution in [0.2, 0.25) is 0 Å². The van der Waals surface area contributed by atoms with Crippen molar-refractivity contribution >= 4 is 6.09 Å². The fraction of sp³-hybridized carbons (Fsp3) is 0.923. The number of nitrogens with one attached hydrogen (secondary N) is 1. The Morgan fingerprint density at radius 1 is 1.47 bits per heavy atom. The SMILES string of the molecule is CC(C)NCC1CCCN1C(=O)OC(C)(C)C. The topological polar surface area (TPSA) is 41.6 Å². The highest BCUT2D eigenvalue weighted by Crippen LogP contribution is 2.20. The second-order valence-electron chi connectivity index (χ2n) is 6.03. The molecule has 0 aromatic carbocycles. The summed E-state index contributed by atoms with van der Waals surface area (Å²) in [5.41, 5.74) is -0.407. The maximum atomic E-state index is 12.0. The van der Waals surface area contributed by atoms with Crippen LogP contribution in [0.1, 0.15) is 47.5 Å². The lowest BCUT2D eigenvalue weighted by Gasteiger charge is -2.29. The number of ether oxygens (including phenoxy) is 1. The van der Waals surface area contributed by atoms with Gasteiger partial charge < -0.3 is 15.0 Å². The van der Waals surface area contributed by atoms with Crippen LogP contribution in [0.4, 0.5) is 4.79 Å². The van der Waals surface area contributed by atoms with E-state index >= 15 is 0 Å². The number of carbonyl (C=O) groups is 1. The lowest BCUT2D eigenvalue weighted by Crippen LogP contribution is -2.45. The minimum absolute atomic E-state index is 0.175. The Morgan fingerprint density at radius 2 is 2.12 bits per heavy atom. The fourth-order valence-corrected chi connectivity index (χ4v) is 1.98. The predicted molar refractivity (Wildman–Crippen MR) is 69.1 cm³/mol. The predicted octanol–water partition coefficient (Wildman–Crippen LogP) is 2.38. The maximum absolute atomic E-state index is 12.0. The van der Waals surface area contributed by atoms with E-state index in [1.54, 1.807) is 0 Å². The molecule has 0 aromatic rings. The molecule has 1 aliphatic heterocycles. The van der Waals surface area contributed by atoms with Gasteiger partial charge in [0.1, 0.15) is 5.60 Å². The monoisotopic (exact) mass is 242 g/mol. The third kappa shape index (κ3) is 4.94. The van der Waals surface area contributed by atoms with E-state index in [1.165, 1.54) is 0 Å². The molecule has 0 bridgehead atoms. The summed E-state index contributed by atoms with van der Waals surface area (Å²) < 4.78 is 5.42. The van der Waals surface area contributed by atoms with Crippen molar-refractivity contribution in [3.63, 3.8) is 0 Å². The van der Waals surface area contributed by atoms with Crippen LogP contribution in [0.3, 0.4) is 0 Å². The largest absolute Gasteiger partial charge is 0.444 e. The molecule has 0 aromatic heterocycles. The van der Waals surface area contributed by atoms with Gasteiger partial charge in [-0.05, 0) is 33.6 Å². The van der Waals surface area contributed by atoms with Gasteiger partial charge in [0.2, 0.25) is 0 Å². The highest BCUT2D eigenvalue weighted by atomic mass is 16.6. The Labute approximate surface area is 105 Å². The summed E-state index contributed by atoms with van der Waals surface area (Å²) in [5.74, 6) is 0. The van der Waals surface area contributed by atoms with Crippen LogP contribution in [0.5, 0.6) is 0 Å². The van der Waals surface area contributed by atoms with Gasteiger partial charge in [-0.15, -0.1) is 0 Å². The van der Waals surface area contributed by atoms with Gasteiger partial charge in [0.15, 0.2) is 0 Å². The number of nitrogens with zero attached hydrogens (tertiary/aromatic N) is 1. The summed E-state index contributed by atoms with van der Waals surface area (Å²) in [5, 5.41) is 3.39. The number of likely N-dealkylation sites (tertiary alicyclic amines) is 1. The van der Waals surface area contributed by atoms with E-state index in [4.69, 9.17) is 4.74 Å². The summed E-state index contributed by atoms with van der Waals surface area (Å²) in [6, 6.07) is 0.739. The van der Waals surface area contributed by atoms with Gasteiger partial charge in [0.05, 0.1) is 0 Å². The molecular formula is C13H26N2O2. The lowest BCUT2D eigenvalue weighted by molar-refractivity contribution is 0.0225. The van der Waals surface area contributed by atoms with E-state index in [1.807, 2.05) is 25.7 Å². The smallest absolute Gasteiger partial charge is 0.410 e. The second kappa shape index (κ2) is 5.71. The van der Waals surface area contributed by atoms with Gasteiger partial charge in [0.25, 0.3) is 0 Å². The normalized spacial score (nSPS) is 21.1. The van der Waals surface area contributed by atoms with E-state index in [0.717, 1.165) is 25.9 Å². The molecular weight excluding hydrogens is 216 g/mol. The Kier molecular flexibility index (Phi) is 4.80. The van der Waals surface area contributed by atoms with Crippen molar-refractivity contribution in [1.29, 1.82) is 0 Å². The molecule has 0 saturated carbocycles. The van der Waals surface area contributed by atoms with Crippen molar-refractivity contribution in [2.75, 3.05) is 13.1 Å². The molecule has 1 rings (SSSR count). The van der Waals surface area contributed by atoms with Crippen molar-refractivity contribution in [3.05, 3.63) is 0 Å². The van der Waals surface area contributed by atoms with Gasteiger partial charge >= 0.3 is 6.09 Å².